The van der Waals surface area contributed by atoms with Crippen LogP contribution in [0.2, 0.25) is 0 Å². The fourth-order valence-corrected chi connectivity index (χ4v) is 4.70. The lowest BCUT2D eigenvalue weighted by molar-refractivity contribution is -0.144. The van der Waals surface area contributed by atoms with Crippen molar-refractivity contribution in [1.82, 2.24) is 0 Å². The van der Waals surface area contributed by atoms with Gasteiger partial charge in [-0.25, -0.2) is 0 Å². The summed E-state index contributed by atoms with van der Waals surface area (Å²) in [5.41, 5.74) is -0.177. The normalized spacial score (nSPS) is 13.0. The molecule has 0 N–H and O–H groups in total. The van der Waals surface area contributed by atoms with E-state index in [9.17, 15) is 9.36 Å². The maximum absolute atomic E-state index is 13.5. The van der Waals surface area contributed by atoms with E-state index >= 15 is 0 Å². The summed E-state index contributed by atoms with van der Waals surface area (Å²) in [6, 6.07) is 7.03. The molecule has 0 amide bonds. The van der Waals surface area contributed by atoms with Gasteiger partial charge in [0.05, 0.1) is 19.8 Å². The number of ether oxygens (including phenoxy) is 3. The van der Waals surface area contributed by atoms with Crippen LogP contribution in [0.5, 0.6) is 0 Å². The van der Waals surface area contributed by atoms with Crippen molar-refractivity contribution >= 4 is 13.6 Å². The van der Waals surface area contributed by atoms with Crippen molar-refractivity contribution in [1.29, 1.82) is 0 Å². The molecule has 0 aliphatic rings. The van der Waals surface area contributed by atoms with Crippen LogP contribution < -0.4 is 0 Å². The van der Waals surface area contributed by atoms with Gasteiger partial charge in [-0.05, 0) is 40.2 Å². The quantitative estimate of drug-likeness (QED) is 0.270. The molecular formula is C19H31O7P. The number of hydrogen-bond donors (Lipinski definition) is 0. The van der Waals surface area contributed by atoms with E-state index in [1.165, 1.54) is 0 Å². The fraction of sp³-hybridized carbons (Fsp3) is 0.632. The minimum Gasteiger partial charge on any atom is -0.465 e. The third-order valence-corrected chi connectivity index (χ3v) is 5.98. The summed E-state index contributed by atoms with van der Waals surface area (Å²) >= 11 is 0. The van der Waals surface area contributed by atoms with Crippen LogP contribution in [0.3, 0.4) is 0 Å². The first kappa shape index (κ1) is 23.8. The number of rotatable bonds is 13. The molecule has 0 bridgehead atoms. The lowest BCUT2D eigenvalue weighted by Gasteiger charge is -2.28. The number of carbonyl (C=O) groups is 1. The zero-order valence-electron chi connectivity index (χ0n) is 16.8. The van der Waals surface area contributed by atoms with Gasteiger partial charge in [0.15, 0.2) is 11.9 Å². The van der Waals surface area contributed by atoms with Crippen LogP contribution in [-0.4, -0.2) is 39.0 Å². The fourth-order valence-electron chi connectivity index (χ4n) is 2.70. The molecule has 0 saturated heterocycles. The number of benzene rings is 1. The number of hydrogen-bond acceptors (Lipinski definition) is 7. The first-order chi connectivity index (χ1) is 13.0. The first-order valence-corrected chi connectivity index (χ1v) is 11.0. The molecule has 7 nitrogen and oxygen atoms in total. The van der Waals surface area contributed by atoms with Crippen LogP contribution in [-0.2, 0) is 32.6 Å². The van der Waals surface area contributed by atoms with Gasteiger partial charge in [0.25, 0.3) is 0 Å². The van der Waals surface area contributed by atoms with E-state index < -0.39 is 25.5 Å². The van der Waals surface area contributed by atoms with Crippen molar-refractivity contribution in [2.45, 2.75) is 46.6 Å². The van der Waals surface area contributed by atoms with E-state index in [4.69, 9.17) is 23.3 Å². The van der Waals surface area contributed by atoms with Crippen LogP contribution in [0.1, 0.15) is 57.7 Å². The van der Waals surface area contributed by atoms with Crippen molar-refractivity contribution in [2.75, 3.05) is 33.0 Å². The zero-order chi connectivity index (χ0) is 20.3. The maximum atomic E-state index is 13.5. The summed E-state index contributed by atoms with van der Waals surface area (Å²) in [5, 5.41) is 0. The third kappa shape index (κ3) is 6.40. The molecule has 1 atom stereocenters. The number of carbonyl (C=O) groups excluding carboxylic acids is 1. The van der Waals surface area contributed by atoms with E-state index in [0.717, 1.165) is 0 Å². The Morgan fingerprint density at radius 1 is 0.852 bits per heavy atom. The Hall–Kier alpha value is -1.24. The van der Waals surface area contributed by atoms with Crippen LogP contribution in [0.25, 0.3) is 0 Å². The molecule has 0 saturated carbocycles. The molecule has 1 aromatic rings. The Balaban J connectivity index is 3.54. The lowest BCUT2D eigenvalue weighted by Crippen LogP contribution is -2.22. The second kappa shape index (κ2) is 12.3. The molecule has 0 aliphatic heterocycles. The predicted molar refractivity (Wildman–Crippen MR) is 103 cm³/mol. The molecule has 0 radical (unpaired) electrons. The monoisotopic (exact) mass is 402 g/mol. The molecule has 0 aliphatic carbocycles. The number of esters is 1. The van der Waals surface area contributed by atoms with Gasteiger partial charge in [-0.2, -0.15) is 0 Å². The summed E-state index contributed by atoms with van der Waals surface area (Å²) in [6.07, 6.45) is -0.704. The average Bonchev–Trinajstić information content (AvgIpc) is 2.63. The lowest BCUT2D eigenvalue weighted by atomic mass is 10.0. The highest BCUT2D eigenvalue weighted by Gasteiger charge is 2.45. The van der Waals surface area contributed by atoms with Crippen molar-refractivity contribution < 1.29 is 32.6 Å². The molecule has 8 heteroatoms. The summed E-state index contributed by atoms with van der Waals surface area (Å²) in [7, 11) is -3.83. The van der Waals surface area contributed by atoms with E-state index in [-0.39, 0.29) is 19.8 Å². The molecule has 1 rings (SSSR count). The van der Waals surface area contributed by atoms with E-state index in [1.54, 1.807) is 45.0 Å². The molecule has 1 unspecified atom stereocenters. The van der Waals surface area contributed by atoms with Crippen molar-refractivity contribution in [2.24, 2.45) is 0 Å². The summed E-state index contributed by atoms with van der Waals surface area (Å²) in [4.78, 5) is 12.8. The van der Waals surface area contributed by atoms with Crippen LogP contribution in [0.15, 0.2) is 24.3 Å². The van der Waals surface area contributed by atoms with Crippen LogP contribution in [0, 0.1) is 0 Å². The molecule has 1 aromatic carbocycles. The molecule has 0 aromatic heterocycles. The van der Waals surface area contributed by atoms with E-state index in [2.05, 4.69) is 0 Å². The Morgan fingerprint density at radius 3 is 1.81 bits per heavy atom. The van der Waals surface area contributed by atoms with Gasteiger partial charge in [0.1, 0.15) is 0 Å². The third-order valence-electron chi connectivity index (χ3n) is 3.62. The van der Waals surface area contributed by atoms with Gasteiger partial charge in [0.2, 0.25) is 0 Å². The molecule has 154 valence electrons. The predicted octanol–water partition coefficient (Wildman–Crippen LogP) is 4.63. The van der Waals surface area contributed by atoms with Crippen molar-refractivity contribution in [3.63, 3.8) is 0 Å². The van der Waals surface area contributed by atoms with Gasteiger partial charge in [0, 0.05) is 18.8 Å². The van der Waals surface area contributed by atoms with Gasteiger partial charge in [-0.3, -0.25) is 9.36 Å². The first-order valence-electron chi connectivity index (χ1n) is 9.36. The second-order valence-corrected chi connectivity index (χ2v) is 7.51. The van der Waals surface area contributed by atoms with Gasteiger partial charge < -0.3 is 23.3 Å². The highest BCUT2D eigenvalue weighted by atomic mass is 31.2. The zero-order valence-corrected chi connectivity index (χ0v) is 17.7. The van der Waals surface area contributed by atoms with Gasteiger partial charge in [-0.15, -0.1) is 0 Å². The van der Waals surface area contributed by atoms with Gasteiger partial charge >= 0.3 is 13.6 Å². The molecule has 0 fully saturated rings. The van der Waals surface area contributed by atoms with E-state index in [0.29, 0.717) is 24.3 Å². The molecule has 27 heavy (non-hydrogen) atoms. The van der Waals surface area contributed by atoms with Gasteiger partial charge in [-0.1, -0.05) is 24.3 Å². The Labute approximate surface area is 161 Å². The van der Waals surface area contributed by atoms with E-state index in [1.807, 2.05) is 13.8 Å². The van der Waals surface area contributed by atoms with Crippen molar-refractivity contribution in [3.8, 4) is 0 Å². The Kier molecular flexibility index (Phi) is 10.8. The Morgan fingerprint density at radius 2 is 1.37 bits per heavy atom. The standard InChI is InChI=1S/C19H31O7P/c1-6-22-18(20)17(27(21,25-9-4)26-10-5)15-13-11-12-14-16(15)19(23-7-2)24-8-3/h11-14,17,19H,6-10H2,1-5H3. The summed E-state index contributed by atoms with van der Waals surface area (Å²) < 4.78 is 41.0. The molecule has 0 heterocycles. The molecular weight excluding hydrogens is 371 g/mol. The SMILES string of the molecule is CCOC(=O)C(c1ccccc1C(OCC)OCC)P(=O)(OCC)OCC. The largest absolute Gasteiger partial charge is 0.465 e. The van der Waals surface area contributed by atoms with Crippen LogP contribution in [0.4, 0.5) is 0 Å². The summed E-state index contributed by atoms with van der Waals surface area (Å²) in [5.74, 6) is -0.665. The van der Waals surface area contributed by atoms with Crippen molar-refractivity contribution in [3.05, 3.63) is 35.4 Å². The van der Waals surface area contributed by atoms with Crippen LogP contribution >= 0.6 is 7.60 Å². The second-order valence-electron chi connectivity index (χ2n) is 5.40. The smallest absolute Gasteiger partial charge is 0.349 e. The summed E-state index contributed by atoms with van der Waals surface area (Å²) in [6.45, 7) is 10.0. The maximum Gasteiger partial charge on any atom is 0.349 e. The highest BCUT2D eigenvalue weighted by molar-refractivity contribution is 7.55. The topological polar surface area (TPSA) is 80.3 Å². The minimum atomic E-state index is -3.83. The minimum absolute atomic E-state index is 0.135. The highest BCUT2D eigenvalue weighted by Crippen LogP contribution is 2.62. The molecule has 0 spiro atoms. The Bertz CT molecular complexity index is 604. The average molecular weight is 402 g/mol.